The van der Waals surface area contributed by atoms with Crippen LogP contribution in [0.15, 0.2) is 16.5 Å². The van der Waals surface area contributed by atoms with Crippen LogP contribution in [0.4, 0.5) is 8.78 Å². The van der Waals surface area contributed by atoms with E-state index in [9.17, 15) is 13.3 Å². The molecule has 0 saturated carbocycles. The molecule has 100 valence electrons. The Hall–Kier alpha value is -0.650. The number of hydrogen-bond donors (Lipinski definition) is 0. The molecule has 0 spiro atoms. The first-order valence-electron chi connectivity index (χ1n) is 5.25. The van der Waals surface area contributed by atoms with Gasteiger partial charge in [0.05, 0.1) is 10.7 Å². The van der Waals surface area contributed by atoms with Crippen LogP contribution in [-0.2, 0) is 11.4 Å². The van der Waals surface area contributed by atoms with E-state index < -0.39 is 27.7 Å². The summed E-state index contributed by atoms with van der Waals surface area (Å²) in [6.07, 6.45) is 0. The molecule has 0 bridgehead atoms. The van der Waals surface area contributed by atoms with Crippen molar-refractivity contribution in [2.45, 2.75) is 32.4 Å². The molecule has 1 rings (SSSR count). The SMILES string of the molecule is C/C(=N\[S+]([O-])C(C)(C)C)c1ccc(Cl)c(F)c1F. The Labute approximate surface area is 113 Å². The summed E-state index contributed by atoms with van der Waals surface area (Å²) in [5, 5.41) is -0.291. The topological polar surface area (TPSA) is 35.4 Å². The molecule has 0 radical (unpaired) electrons. The van der Waals surface area contributed by atoms with Gasteiger partial charge in [0.25, 0.3) is 0 Å². The van der Waals surface area contributed by atoms with E-state index in [1.807, 2.05) is 0 Å². The van der Waals surface area contributed by atoms with Crippen LogP contribution in [-0.4, -0.2) is 15.0 Å². The van der Waals surface area contributed by atoms with Crippen molar-refractivity contribution in [3.8, 4) is 0 Å². The van der Waals surface area contributed by atoms with Gasteiger partial charge in [-0.1, -0.05) is 16.0 Å². The summed E-state index contributed by atoms with van der Waals surface area (Å²) in [7, 11) is 0. The minimum atomic E-state index is -1.52. The third kappa shape index (κ3) is 3.43. The molecule has 0 aliphatic rings. The molecular weight excluding hydrogens is 280 g/mol. The molecule has 1 atom stereocenters. The second-order valence-electron chi connectivity index (χ2n) is 4.76. The third-order valence-corrected chi connectivity index (χ3v) is 3.95. The maximum Gasteiger partial charge on any atom is 0.178 e. The van der Waals surface area contributed by atoms with Gasteiger partial charge in [0, 0.05) is 5.56 Å². The van der Waals surface area contributed by atoms with Crippen molar-refractivity contribution in [3.05, 3.63) is 34.4 Å². The third-order valence-electron chi connectivity index (χ3n) is 2.17. The average Bonchev–Trinajstić information content (AvgIpc) is 2.24. The highest BCUT2D eigenvalue weighted by Crippen LogP contribution is 2.23. The van der Waals surface area contributed by atoms with Crippen LogP contribution in [0.5, 0.6) is 0 Å². The van der Waals surface area contributed by atoms with Crippen molar-refractivity contribution in [1.82, 2.24) is 0 Å². The first-order chi connectivity index (χ1) is 8.14. The van der Waals surface area contributed by atoms with Gasteiger partial charge in [0.15, 0.2) is 11.6 Å². The summed E-state index contributed by atoms with van der Waals surface area (Å²) >= 11 is 3.93. The number of benzene rings is 1. The van der Waals surface area contributed by atoms with E-state index in [2.05, 4.69) is 4.40 Å². The smallest absolute Gasteiger partial charge is 0.178 e. The zero-order valence-electron chi connectivity index (χ0n) is 10.6. The van der Waals surface area contributed by atoms with E-state index >= 15 is 0 Å². The monoisotopic (exact) mass is 293 g/mol. The molecule has 0 N–H and O–H groups in total. The fourth-order valence-corrected chi connectivity index (χ4v) is 1.88. The van der Waals surface area contributed by atoms with Crippen LogP contribution in [0, 0.1) is 11.6 Å². The van der Waals surface area contributed by atoms with Gasteiger partial charge in [0.2, 0.25) is 0 Å². The highest BCUT2D eigenvalue weighted by molar-refractivity contribution is 7.91. The number of hydrogen-bond acceptors (Lipinski definition) is 2. The van der Waals surface area contributed by atoms with Gasteiger partial charge < -0.3 is 4.55 Å². The van der Waals surface area contributed by atoms with E-state index in [0.717, 1.165) is 0 Å². The Balaban J connectivity index is 3.16. The Morgan fingerprint density at radius 2 is 1.83 bits per heavy atom. The van der Waals surface area contributed by atoms with Crippen molar-refractivity contribution in [3.63, 3.8) is 0 Å². The number of halogens is 3. The van der Waals surface area contributed by atoms with Crippen LogP contribution < -0.4 is 0 Å². The van der Waals surface area contributed by atoms with Crippen LogP contribution in [0.3, 0.4) is 0 Å². The van der Waals surface area contributed by atoms with Gasteiger partial charge in [-0.15, -0.1) is 0 Å². The molecule has 6 heteroatoms. The summed E-state index contributed by atoms with van der Waals surface area (Å²) in [5.74, 6) is -2.19. The molecule has 1 unspecified atom stereocenters. The van der Waals surface area contributed by atoms with Crippen molar-refractivity contribution in [1.29, 1.82) is 0 Å². The highest BCUT2D eigenvalue weighted by Gasteiger charge is 2.27. The van der Waals surface area contributed by atoms with E-state index in [1.165, 1.54) is 19.1 Å². The minimum absolute atomic E-state index is 0.0329. The first kappa shape index (κ1) is 15.4. The van der Waals surface area contributed by atoms with Gasteiger partial charge >= 0.3 is 0 Å². The lowest BCUT2D eigenvalue weighted by Gasteiger charge is -2.18. The van der Waals surface area contributed by atoms with Gasteiger partial charge in [0.1, 0.15) is 16.1 Å². The molecule has 1 aromatic carbocycles. The Kier molecular flexibility index (Phi) is 4.75. The second kappa shape index (κ2) is 5.55. The lowest BCUT2D eigenvalue weighted by Crippen LogP contribution is -2.26. The zero-order valence-corrected chi connectivity index (χ0v) is 12.1. The van der Waals surface area contributed by atoms with Crippen LogP contribution in [0.25, 0.3) is 0 Å². The quantitative estimate of drug-likeness (QED) is 0.463. The van der Waals surface area contributed by atoms with Gasteiger partial charge in [-0.05, 0) is 39.8 Å². The van der Waals surface area contributed by atoms with E-state index in [0.29, 0.717) is 0 Å². The lowest BCUT2D eigenvalue weighted by molar-refractivity contribution is 0.507. The molecule has 2 nitrogen and oxygen atoms in total. The molecule has 0 amide bonds. The van der Waals surface area contributed by atoms with Crippen LogP contribution in [0.1, 0.15) is 33.3 Å². The lowest BCUT2D eigenvalue weighted by atomic mass is 10.1. The van der Waals surface area contributed by atoms with Gasteiger partial charge in [-0.3, -0.25) is 0 Å². The maximum atomic E-state index is 13.6. The molecule has 18 heavy (non-hydrogen) atoms. The second-order valence-corrected chi connectivity index (χ2v) is 7.07. The van der Waals surface area contributed by atoms with Gasteiger partial charge in [-0.25, -0.2) is 8.78 Å². The fraction of sp³-hybridized carbons (Fsp3) is 0.417. The predicted molar refractivity (Wildman–Crippen MR) is 71.5 cm³/mol. The van der Waals surface area contributed by atoms with Crippen molar-refractivity contribution in [2.24, 2.45) is 4.40 Å². The zero-order chi connectivity index (χ0) is 14.1. The van der Waals surface area contributed by atoms with Crippen LogP contribution >= 0.6 is 11.6 Å². The minimum Gasteiger partial charge on any atom is -0.591 e. The summed E-state index contributed by atoms with van der Waals surface area (Å²) in [4.78, 5) is 0. The van der Waals surface area contributed by atoms with Crippen molar-refractivity contribution >= 4 is 28.7 Å². The summed E-state index contributed by atoms with van der Waals surface area (Å²) in [5.41, 5.74) is 0.144. The largest absolute Gasteiger partial charge is 0.591 e. The normalized spacial score (nSPS) is 14.8. The first-order valence-corrected chi connectivity index (χ1v) is 6.74. The standard InChI is InChI=1S/C12H14ClF2NOS/c1-7(16-18(17)12(2,3)4)8-5-6-9(13)11(15)10(8)14/h5-6H,1-4H3/b16-7+. The molecule has 0 fully saturated rings. The average molecular weight is 294 g/mol. The van der Waals surface area contributed by atoms with E-state index in [1.54, 1.807) is 20.8 Å². The molecule has 1 aromatic rings. The molecule has 0 heterocycles. The van der Waals surface area contributed by atoms with E-state index in [-0.39, 0.29) is 16.3 Å². The van der Waals surface area contributed by atoms with E-state index in [4.69, 9.17) is 11.6 Å². The summed E-state index contributed by atoms with van der Waals surface area (Å²) < 4.78 is 42.0. The fourth-order valence-electron chi connectivity index (χ4n) is 1.12. The van der Waals surface area contributed by atoms with Crippen LogP contribution in [0.2, 0.25) is 5.02 Å². The van der Waals surface area contributed by atoms with Crippen molar-refractivity contribution < 1.29 is 13.3 Å². The van der Waals surface area contributed by atoms with Gasteiger partial charge in [-0.2, -0.15) is 0 Å². The Bertz CT molecular complexity index is 486. The molecule has 0 aromatic heterocycles. The Morgan fingerprint density at radius 1 is 1.28 bits per heavy atom. The molecule has 0 saturated heterocycles. The predicted octanol–water partition coefficient (Wildman–Crippen LogP) is 3.89. The molecule has 0 aliphatic heterocycles. The molecular formula is C12H14ClF2NOS. The maximum absolute atomic E-state index is 13.6. The number of nitrogens with zero attached hydrogens (tertiary/aromatic N) is 1. The number of rotatable bonds is 2. The highest BCUT2D eigenvalue weighted by atomic mass is 35.5. The summed E-state index contributed by atoms with van der Waals surface area (Å²) in [6.45, 7) is 6.73. The van der Waals surface area contributed by atoms with Crippen molar-refractivity contribution in [2.75, 3.05) is 0 Å². The molecule has 0 aliphatic carbocycles. The summed E-state index contributed by atoms with van der Waals surface area (Å²) in [6, 6.07) is 2.56. The Morgan fingerprint density at radius 3 is 2.33 bits per heavy atom.